The van der Waals surface area contributed by atoms with Crippen LogP contribution in [-0.4, -0.2) is 31.7 Å². The van der Waals surface area contributed by atoms with Crippen LogP contribution >= 0.6 is 0 Å². The molecule has 0 unspecified atom stereocenters. The molecular weight excluding hydrogens is 334 g/mol. The molecule has 0 atom stereocenters. The fourth-order valence-electron chi connectivity index (χ4n) is 3.23. The average molecular weight is 353 g/mol. The highest BCUT2D eigenvalue weighted by Crippen LogP contribution is 2.32. The van der Waals surface area contributed by atoms with E-state index in [4.69, 9.17) is 14.2 Å². The Morgan fingerprint density at radius 2 is 1.77 bits per heavy atom. The lowest BCUT2D eigenvalue weighted by Gasteiger charge is -2.19. The zero-order chi connectivity index (χ0) is 17.9. The number of hydrogen-bond donors (Lipinski definition) is 1. The van der Waals surface area contributed by atoms with E-state index >= 15 is 0 Å². The second kappa shape index (κ2) is 7.07. The van der Waals surface area contributed by atoms with Crippen molar-refractivity contribution in [3.63, 3.8) is 0 Å². The van der Waals surface area contributed by atoms with E-state index in [-0.39, 0.29) is 6.61 Å². The van der Waals surface area contributed by atoms with Crippen molar-refractivity contribution in [1.29, 1.82) is 0 Å². The van der Waals surface area contributed by atoms with Gasteiger partial charge >= 0.3 is 5.97 Å². The monoisotopic (exact) mass is 353 g/mol. The molecule has 6 heteroatoms. The Kier molecular flexibility index (Phi) is 4.48. The molecule has 0 fully saturated rings. The maximum atomic E-state index is 12.2. The van der Waals surface area contributed by atoms with E-state index in [2.05, 4.69) is 5.32 Å². The Morgan fingerprint density at radius 3 is 2.65 bits per heavy atom. The Labute approximate surface area is 151 Å². The van der Waals surface area contributed by atoms with Gasteiger partial charge < -0.3 is 19.5 Å². The van der Waals surface area contributed by atoms with Crippen LogP contribution in [0.15, 0.2) is 36.4 Å². The lowest BCUT2D eigenvalue weighted by atomic mass is 10.1. The Hall–Kier alpha value is -3.02. The fourth-order valence-corrected chi connectivity index (χ4v) is 3.23. The molecule has 0 bridgehead atoms. The normalized spacial score (nSPS) is 14.5. The van der Waals surface area contributed by atoms with Gasteiger partial charge in [0, 0.05) is 11.8 Å². The SMILES string of the molecule is O=C(COC(=O)c1ccc2c(c1)CCC2)Nc1ccc2c(c1)OCCO2. The maximum absolute atomic E-state index is 12.2. The summed E-state index contributed by atoms with van der Waals surface area (Å²) in [7, 11) is 0. The number of fused-ring (bicyclic) bond motifs is 2. The first-order chi connectivity index (χ1) is 12.7. The first kappa shape index (κ1) is 16.4. The van der Waals surface area contributed by atoms with Crippen LogP contribution in [0.4, 0.5) is 5.69 Å². The molecule has 2 aliphatic rings. The van der Waals surface area contributed by atoms with Crippen molar-refractivity contribution in [1.82, 2.24) is 0 Å². The van der Waals surface area contributed by atoms with Crippen LogP contribution in [0.3, 0.4) is 0 Å². The van der Waals surface area contributed by atoms with Crippen LogP contribution in [0.1, 0.15) is 27.9 Å². The van der Waals surface area contributed by atoms with Crippen molar-refractivity contribution in [3.05, 3.63) is 53.1 Å². The molecule has 0 aromatic heterocycles. The minimum atomic E-state index is -0.489. The van der Waals surface area contributed by atoms with E-state index in [9.17, 15) is 9.59 Å². The number of nitrogens with one attached hydrogen (secondary N) is 1. The molecule has 2 aromatic rings. The van der Waals surface area contributed by atoms with Crippen LogP contribution in [0.5, 0.6) is 11.5 Å². The van der Waals surface area contributed by atoms with Crippen molar-refractivity contribution in [2.45, 2.75) is 19.3 Å². The van der Waals surface area contributed by atoms with E-state index < -0.39 is 11.9 Å². The number of aryl methyl sites for hydroxylation is 2. The first-order valence-electron chi connectivity index (χ1n) is 8.67. The smallest absolute Gasteiger partial charge is 0.338 e. The van der Waals surface area contributed by atoms with Gasteiger partial charge in [-0.15, -0.1) is 0 Å². The molecule has 0 spiro atoms. The van der Waals surface area contributed by atoms with Crippen LogP contribution in [0.2, 0.25) is 0 Å². The molecule has 1 heterocycles. The number of rotatable bonds is 4. The summed E-state index contributed by atoms with van der Waals surface area (Å²) in [6.07, 6.45) is 3.16. The van der Waals surface area contributed by atoms with Gasteiger partial charge in [-0.25, -0.2) is 4.79 Å². The largest absolute Gasteiger partial charge is 0.486 e. The minimum Gasteiger partial charge on any atom is -0.486 e. The van der Waals surface area contributed by atoms with Crippen LogP contribution in [0.25, 0.3) is 0 Å². The van der Waals surface area contributed by atoms with Crippen LogP contribution < -0.4 is 14.8 Å². The number of ether oxygens (including phenoxy) is 3. The maximum Gasteiger partial charge on any atom is 0.338 e. The zero-order valence-corrected chi connectivity index (χ0v) is 14.2. The average Bonchev–Trinajstić information content (AvgIpc) is 3.14. The molecule has 26 heavy (non-hydrogen) atoms. The van der Waals surface area contributed by atoms with E-state index in [1.165, 1.54) is 11.1 Å². The van der Waals surface area contributed by atoms with E-state index in [1.54, 1.807) is 24.3 Å². The highest BCUT2D eigenvalue weighted by atomic mass is 16.6. The number of hydrogen-bond acceptors (Lipinski definition) is 5. The summed E-state index contributed by atoms with van der Waals surface area (Å²) < 4.78 is 16.0. The van der Waals surface area contributed by atoms with E-state index in [0.717, 1.165) is 19.3 Å². The number of carbonyl (C=O) groups excluding carboxylic acids is 2. The summed E-state index contributed by atoms with van der Waals surface area (Å²) in [5.74, 6) is 0.342. The molecule has 1 aliphatic heterocycles. The molecule has 0 saturated carbocycles. The molecule has 134 valence electrons. The topological polar surface area (TPSA) is 73.9 Å². The highest BCUT2D eigenvalue weighted by molar-refractivity contribution is 5.95. The Balaban J connectivity index is 1.33. The predicted molar refractivity (Wildman–Crippen MR) is 94.8 cm³/mol. The molecule has 2 aromatic carbocycles. The van der Waals surface area contributed by atoms with Crippen molar-refractivity contribution < 1.29 is 23.8 Å². The van der Waals surface area contributed by atoms with Crippen molar-refractivity contribution in [2.24, 2.45) is 0 Å². The lowest BCUT2D eigenvalue weighted by Crippen LogP contribution is -2.21. The fraction of sp³-hybridized carbons (Fsp3) is 0.300. The number of benzene rings is 2. The van der Waals surface area contributed by atoms with Gasteiger partial charge in [-0.1, -0.05) is 6.07 Å². The molecular formula is C20H19NO5. The highest BCUT2D eigenvalue weighted by Gasteiger charge is 2.16. The Morgan fingerprint density at radius 1 is 0.962 bits per heavy atom. The van der Waals surface area contributed by atoms with E-state index in [0.29, 0.717) is 36.0 Å². The summed E-state index contributed by atoms with van der Waals surface area (Å²) >= 11 is 0. The molecule has 0 saturated heterocycles. The van der Waals surface area contributed by atoms with Crippen molar-refractivity contribution >= 4 is 17.6 Å². The van der Waals surface area contributed by atoms with Crippen molar-refractivity contribution in [3.8, 4) is 11.5 Å². The summed E-state index contributed by atoms with van der Waals surface area (Å²) in [4.78, 5) is 24.2. The third kappa shape index (κ3) is 3.49. The number of carbonyl (C=O) groups is 2. The van der Waals surface area contributed by atoms with Gasteiger partial charge in [0.1, 0.15) is 13.2 Å². The van der Waals surface area contributed by atoms with Gasteiger partial charge in [-0.3, -0.25) is 4.79 Å². The third-order valence-electron chi connectivity index (χ3n) is 4.49. The summed E-state index contributed by atoms with van der Waals surface area (Å²) in [5, 5.41) is 2.69. The molecule has 1 N–H and O–H groups in total. The molecule has 1 aliphatic carbocycles. The quantitative estimate of drug-likeness (QED) is 0.856. The van der Waals surface area contributed by atoms with Gasteiger partial charge in [0.15, 0.2) is 18.1 Å². The molecule has 4 rings (SSSR count). The van der Waals surface area contributed by atoms with Gasteiger partial charge in [-0.05, 0) is 54.7 Å². The number of anilines is 1. The second-order valence-electron chi connectivity index (χ2n) is 6.32. The Bertz CT molecular complexity index is 861. The van der Waals surface area contributed by atoms with Crippen LogP contribution in [-0.2, 0) is 22.4 Å². The first-order valence-corrected chi connectivity index (χ1v) is 8.67. The molecule has 6 nitrogen and oxygen atoms in total. The summed E-state index contributed by atoms with van der Waals surface area (Å²) in [5.41, 5.74) is 3.53. The van der Waals surface area contributed by atoms with Crippen molar-refractivity contribution in [2.75, 3.05) is 25.1 Å². The van der Waals surface area contributed by atoms with Crippen LogP contribution in [0, 0.1) is 0 Å². The second-order valence-corrected chi connectivity index (χ2v) is 6.32. The summed E-state index contributed by atoms with van der Waals surface area (Å²) in [6, 6.07) is 10.7. The molecule has 1 amide bonds. The molecule has 0 radical (unpaired) electrons. The number of esters is 1. The standard InChI is InChI=1S/C20H19NO5/c22-19(21-16-6-7-17-18(11-16)25-9-8-24-17)12-26-20(23)15-5-4-13-2-1-3-14(13)10-15/h4-7,10-11H,1-3,8-9,12H2,(H,21,22). The predicted octanol–water partition coefficient (Wildman–Crippen LogP) is 2.74. The van der Waals surface area contributed by atoms with Gasteiger partial charge in [-0.2, -0.15) is 0 Å². The zero-order valence-electron chi connectivity index (χ0n) is 14.2. The van der Waals surface area contributed by atoms with Gasteiger partial charge in [0.25, 0.3) is 5.91 Å². The minimum absolute atomic E-state index is 0.343. The van der Waals surface area contributed by atoms with E-state index in [1.807, 2.05) is 12.1 Å². The third-order valence-corrected chi connectivity index (χ3v) is 4.49. The summed E-state index contributed by atoms with van der Waals surface area (Å²) in [6.45, 7) is 0.643. The van der Waals surface area contributed by atoms with Gasteiger partial charge in [0.2, 0.25) is 0 Å². The van der Waals surface area contributed by atoms with Gasteiger partial charge in [0.05, 0.1) is 5.56 Å². The number of amides is 1. The lowest BCUT2D eigenvalue weighted by molar-refractivity contribution is -0.119.